The molecular formula is C11H20N2O3. The molecule has 0 saturated carbocycles. The highest BCUT2D eigenvalue weighted by Gasteiger charge is 2.29. The van der Waals surface area contributed by atoms with E-state index in [0.29, 0.717) is 19.7 Å². The summed E-state index contributed by atoms with van der Waals surface area (Å²) >= 11 is 0. The zero-order chi connectivity index (χ0) is 11.4. The van der Waals surface area contributed by atoms with Crippen LogP contribution < -0.4 is 5.32 Å². The lowest BCUT2D eigenvalue weighted by atomic mass is 9.98. The van der Waals surface area contributed by atoms with Crippen LogP contribution in [0.2, 0.25) is 0 Å². The minimum atomic E-state index is -0.200. The van der Waals surface area contributed by atoms with E-state index in [1.54, 1.807) is 0 Å². The average Bonchev–Trinajstić information content (AvgIpc) is 2.39. The van der Waals surface area contributed by atoms with Crippen molar-refractivity contribution in [2.45, 2.75) is 18.9 Å². The van der Waals surface area contributed by atoms with Gasteiger partial charge in [-0.25, -0.2) is 0 Å². The predicted octanol–water partition coefficient (Wildman–Crippen LogP) is -0.794. The lowest BCUT2D eigenvalue weighted by Crippen LogP contribution is -2.51. The number of ether oxygens (including phenoxy) is 1. The number of nitrogens with zero attached hydrogens (tertiary/aromatic N) is 1. The summed E-state index contributed by atoms with van der Waals surface area (Å²) in [5.74, 6) is 0.333. The zero-order valence-electron chi connectivity index (χ0n) is 9.52. The molecule has 0 bridgehead atoms. The summed E-state index contributed by atoms with van der Waals surface area (Å²) in [7, 11) is 0. The number of morpholine rings is 1. The maximum absolute atomic E-state index is 12.2. The summed E-state index contributed by atoms with van der Waals surface area (Å²) in [5, 5.41) is 12.3. The Morgan fingerprint density at radius 2 is 2.44 bits per heavy atom. The number of nitrogens with one attached hydrogen (secondary N) is 1. The quantitative estimate of drug-likeness (QED) is 0.650. The first-order valence-electron chi connectivity index (χ1n) is 6.03. The second-order valence-electron chi connectivity index (χ2n) is 4.50. The molecule has 0 aliphatic carbocycles. The maximum Gasteiger partial charge on any atom is 0.227 e. The van der Waals surface area contributed by atoms with Gasteiger partial charge in [0.2, 0.25) is 5.91 Å². The van der Waals surface area contributed by atoms with E-state index >= 15 is 0 Å². The Kier molecular flexibility index (Phi) is 4.15. The number of amides is 1. The van der Waals surface area contributed by atoms with Crippen LogP contribution in [0.25, 0.3) is 0 Å². The Bertz CT molecular complexity index is 241. The van der Waals surface area contributed by atoms with E-state index in [0.717, 1.165) is 25.9 Å². The summed E-state index contributed by atoms with van der Waals surface area (Å²) in [6, 6.07) is 0. The molecule has 2 aliphatic rings. The van der Waals surface area contributed by atoms with Crippen LogP contribution in [-0.4, -0.2) is 61.4 Å². The van der Waals surface area contributed by atoms with Crippen LogP contribution in [0.15, 0.2) is 0 Å². The van der Waals surface area contributed by atoms with Gasteiger partial charge in [-0.2, -0.15) is 0 Å². The standard InChI is InChI=1S/C11H20N2O3/c14-8-10-7-13(4-5-16-10)11(15)9-2-1-3-12-6-9/h9-10,12,14H,1-8H2. The van der Waals surface area contributed by atoms with Crippen LogP contribution in [-0.2, 0) is 9.53 Å². The van der Waals surface area contributed by atoms with Gasteiger partial charge in [-0.3, -0.25) is 4.79 Å². The summed E-state index contributed by atoms with van der Waals surface area (Å²) in [6.07, 6.45) is 1.85. The molecule has 2 N–H and O–H groups in total. The fourth-order valence-corrected chi connectivity index (χ4v) is 2.35. The molecule has 16 heavy (non-hydrogen) atoms. The van der Waals surface area contributed by atoms with Gasteiger partial charge in [0.1, 0.15) is 0 Å². The first kappa shape index (κ1) is 11.8. The molecular weight excluding hydrogens is 208 g/mol. The Morgan fingerprint density at radius 1 is 1.56 bits per heavy atom. The largest absolute Gasteiger partial charge is 0.394 e. The predicted molar refractivity (Wildman–Crippen MR) is 59.0 cm³/mol. The Labute approximate surface area is 95.8 Å². The van der Waals surface area contributed by atoms with Crippen molar-refractivity contribution in [1.82, 2.24) is 10.2 Å². The Hall–Kier alpha value is -0.650. The van der Waals surface area contributed by atoms with Gasteiger partial charge in [-0.15, -0.1) is 0 Å². The third-order valence-electron chi connectivity index (χ3n) is 3.30. The zero-order valence-corrected chi connectivity index (χ0v) is 9.52. The molecule has 2 rings (SSSR count). The Balaban J connectivity index is 1.87. The number of aliphatic hydroxyl groups is 1. The van der Waals surface area contributed by atoms with Gasteiger partial charge in [0, 0.05) is 19.6 Å². The number of aliphatic hydroxyl groups excluding tert-OH is 1. The molecule has 2 atom stereocenters. The van der Waals surface area contributed by atoms with Crippen LogP contribution >= 0.6 is 0 Å². The molecule has 0 aromatic rings. The number of piperidine rings is 1. The van der Waals surface area contributed by atoms with Gasteiger partial charge in [-0.1, -0.05) is 0 Å². The van der Waals surface area contributed by atoms with Gasteiger partial charge in [-0.05, 0) is 19.4 Å². The molecule has 0 radical (unpaired) electrons. The van der Waals surface area contributed by atoms with Gasteiger partial charge >= 0.3 is 0 Å². The molecule has 2 heterocycles. The molecule has 2 unspecified atom stereocenters. The van der Waals surface area contributed by atoms with Gasteiger partial charge in [0.05, 0.1) is 25.2 Å². The van der Waals surface area contributed by atoms with E-state index in [1.165, 1.54) is 0 Å². The van der Waals surface area contributed by atoms with E-state index in [2.05, 4.69) is 5.32 Å². The molecule has 2 fully saturated rings. The Morgan fingerprint density at radius 3 is 3.12 bits per heavy atom. The monoisotopic (exact) mass is 228 g/mol. The van der Waals surface area contributed by atoms with Gasteiger partial charge < -0.3 is 20.1 Å². The molecule has 5 heteroatoms. The van der Waals surface area contributed by atoms with Crippen LogP contribution in [0, 0.1) is 5.92 Å². The van der Waals surface area contributed by atoms with Crippen molar-refractivity contribution in [2.75, 3.05) is 39.4 Å². The highest BCUT2D eigenvalue weighted by molar-refractivity contribution is 5.79. The topological polar surface area (TPSA) is 61.8 Å². The third-order valence-corrected chi connectivity index (χ3v) is 3.30. The molecule has 2 saturated heterocycles. The number of hydrogen-bond donors (Lipinski definition) is 2. The number of hydrogen-bond acceptors (Lipinski definition) is 4. The van der Waals surface area contributed by atoms with Crippen molar-refractivity contribution in [2.24, 2.45) is 5.92 Å². The highest BCUT2D eigenvalue weighted by Crippen LogP contribution is 2.15. The van der Waals surface area contributed by atoms with E-state index in [1.807, 2.05) is 4.90 Å². The minimum absolute atomic E-state index is 0.00725. The second kappa shape index (κ2) is 5.61. The van der Waals surface area contributed by atoms with Crippen molar-refractivity contribution in [3.05, 3.63) is 0 Å². The fraction of sp³-hybridized carbons (Fsp3) is 0.909. The van der Waals surface area contributed by atoms with Crippen LogP contribution in [0.3, 0.4) is 0 Å². The van der Waals surface area contributed by atoms with Crippen molar-refractivity contribution in [3.63, 3.8) is 0 Å². The summed E-state index contributed by atoms with van der Waals surface area (Å²) in [6.45, 7) is 3.54. The first-order chi connectivity index (χ1) is 7.81. The van der Waals surface area contributed by atoms with Crippen molar-refractivity contribution >= 4 is 5.91 Å². The summed E-state index contributed by atoms with van der Waals surface area (Å²) < 4.78 is 5.34. The molecule has 0 spiro atoms. The van der Waals surface area contributed by atoms with Crippen molar-refractivity contribution < 1.29 is 14.6 Å². The van der Waals surface area contributed by atoms with E-state index in [-0.39, 0.29) is 24.5 Å². The van der Waals surface area contributed by atoms with E-state index in [9.17, 15) is 4.79 Å². The van der Waals surface area contributed by atoms with E-state index < -0.39 is 0 Å². The fourth-order valence-electron chi connectivity index (χ4n) is 2.35. The molecule has 0 aromatic carbocycles. The lowest BCUT2D eigenvalue weighted by molar-refractivity contribution is -0.145. The van der Waals surface area contributed by atoms with Crippen LogP contribution in [0.4, 0.5) is 0 Å². The number of rotatable bonds is 2. The van der Waals surface area contributed by atoms with Crippen molar-refractivity contribution in [3.8, 4) is 0 Å². The molecule has 5 nitrogen and oxygen atoms in total. The second-order valence-corrected chi connectivity index (χ2v) is 4.50. The van der Waals surface area contributed by atoms with Crippen LogP contribution in [0.1, 0.15) is 12.8 Å². The number of carbonyl (C=O) groups is 1. The average molecular weight is 228 g/mol. The molecule has 2 aliphatic heterocycles. The SMILES string of the molecule is O=C(C1CCCNC1)N1CCOC(CO)C1. The molecule has 92 valence electrons. The van der Waals surface area contributed by atoms with E-state index in [4.69, 9.17) is 9.84 Å². The minimum Gasteiger partial charge on any atom is -0.394 e. The molecule has 1 amide bonds. The number of carbonyl (C=O) groups excluding carboxylic acids is 1. The van der Waals surface area contributed by atoms with Crippen LogP contribution in [0.5, 0.6) is 0 Å². The third kappa shape index (κ3) is 2.72. The summed E-state index contributed by atoms with van der Waals surface area (Å²) in [5.41, 5.74) is 0. The maximum atomic E-state index is 12.2. The normalized spacial score (nSPS) is 31.4. The van der Waals surface area contributed by atoms with Gasteiger partial charge in [0.25, 0.3) is 0 Å². The highest BCUT2D eigenvalue weighted by atomic mass is 16.5. The summed E-state index contributed by atoms with van der Waals surface area (Å²) in [4.78, 5) is 14.0. The lowest BCUT2D eigenvalue weighted by Gasteiger charge is -2.35. The first-order valence-corrected chi connectivity index (χ1v) is 6.03. The van der Waals surface area contributed by atoms with Gasteiger partial charge in [0.15, 0.2) is 0 Å². The molecule has 0 aromatic heterocycles. The van der Waals surface area contributed by atoms with Crippen molar-refractivity contribution in [1.29, 1.82) is 0 Å². The smallest absolute Gasteiger partial charge is 0.227 e.